The topological polar surface area (TPSA) is 77.6 Å². The number of aromatic amines is 1. The Kier molecular flexibility index (Phi) is 6.59. The van der Waals surface area contributed by atoms with E-state index >= 15 is 0 Å². The minimum absolute atomic E-state index is 0.104. The number of ether oxygens (including phenoxy) is 1. The summed E-state index contributed by atoms with van der Waals surface area (Å²) in [5, 5.41) is 14.5. The molecule has 0 aliphatic carbocycles. The number of hydrogen-bond donors (Lipinski definition) is 3. The minimum atomic E-state index is -0.540. The number of nitrogens with zero attached hydrogens (tertiary/aromatic N) is 1. The summed E-state index contributed by atoms with van der Waals surface area (Å²) >= 11 is 0. The number of carbonyl (C=O) groups is 1. The van der Waals surface area contributed by atoms with Crippen molar-refractivity contribution in [2.24, 2.45) is 0 Å². The number of para-hydroxylation sites is 1. The summed E-state index contributed by atoms with van der Waals surface area (Å²) in [7, 11) is 0. The van der Waals surface area contributed by atoms with Gasteiger partial charge in [-0.3, -0.25) is 4.79 Å². The second kappa shape index (κ2) is 9.54. The van der Waals surface area contributed by atoms with Crippen LogP contribution < -0.4 is 10.1 Å². The van der Waals surface area contributed by atoms with Crippen LogP contribution in [0.3, 0.4) is 0 Å². The monoisotopic (exact) mass is 421 g/mol. The number of hydrogen-bond acceptors (Lipinski definition) is 4. The second-order valence-corrected chi connectivity index (χ2v) is 8.45. The van der Waals surface area contributed by atoms with Crippen LogP contribution >= 0.6 is 0 Å². The number of likely N-dealkylation sites (tertiary alicyclic amines) is 1. The van der Waals surface area contributed by atoms with E-state index in [1.807, 2.05) is 0 Å². The summed E-state index contributed by atoms with van der Waals surface area (Å²) < 4.78 is 5.72. The molecule has 3 N–H and O–H groups in total. The molecular formula is C25H31N3O3. The van der Waals surface area contributed by atoms with Gasteiger partial charge in [0, 0.05) is 35.8 Å². The van der Waals surface area contributed by atoms with E-state index < -0.39 is 6.10 Å². The lowest BCUT2D eigenvalue weighted by Crippen LogP contribution is -2.40. The molecule has 1 saturated heterocycles. The number of fused-ring (bicyclic) bond motifs is 1. The van der Waals surface area contributed by atoms with Gasteiger partial charge >= 0.3 is 0 Å². The van der Waals surface area contributed by atoms with Crippen LogP contribution in [0.1, 0.15) is 36.9 Å². The quantitative estimate of drug-likeness (QED) is 0.538. The summed E-state index contributed by atoms with van der Waals surface area (Å²) in [4.78, 5) is 16.9. The molecular weight excluding hydrogens is 390 g/mol. The van der Waals surface area contributed by atoms with Crippen molar-refractivity contribution in [1.29, 1.82) is 0 Å². The molecule has 1 aliphatic heterocycles. The highest BCUT2D eigenvalue weighted by Crippen LogP contribution is 2.35. The Labute approximate surface area is 183 Å². The molecule has 0 radical (unpaired) electrons. The van der Waals surface area contributed by atoms with E-state index in [4.69, 9.17) is 4.74 Å². The van der Waals surface area contributed by atoms with Crippen LogP contribution in [0.15, 0.2) is 48.5 Å². The molecule has 0 saturated carbocycles. The Morgan fingerprint density at radius 2 is 1.90 bits per heavy atom. The van der Waals surface area contributed by atoms with Crippen molar-refractivity contribution in [2.75, 3.05) is 31.6 Å². The highest BCUT2D eigenvalue weighted by Gasteiger charge is 2.25. The van der Waals surface area contributed by atoms with Gasteiger partial charge in [-0.05, 0) is 74.7 Å². The largest absolute Gasteiger partial charge is 0.491 e. The number of anilines is 1. The molecule has 6 heteroatoms. The number of β-amino-alcohol motifs (C(OH)–C–C–N with tert-alkyl or cyclic N) is 1. The van der Waals surface area contributed by atoms with E-state index in [1.165, 1.54) is 29.1 Å². The van der Waals surface area contributed by atoms with Crippen molar-refractivity contribution >= 4 is 22.5 Å². The third-order valence-electron chi connectivity index (χ3n) is 6.03. The molecule has 1 atom stereocenters. The zero-order valence-corrected chi connectivity index (χ0v) is 18.2. The number of aliphatic hydroxyl groups is 1. The number of nitrogens with one attached hydrogen (secondary N) is 2. The van der Waals surface area contributed by atoms with Crippen molar-refractivity contribution in [1.82, 2.24) is 9.88 Å². The lowest BCUT2D eigenvalue weighted by molar-refractivity contribution is -0.114. The molecule has 1 aromatic heterocycles. The van der Waals surface area contributed by atoms with Crippen LogP contribution in [0, 0.1) is 6.92 Å². The summed E-state index contributed by atoms with van der Waals surface area (Å²) in [5.41, 5.74) is 4.68. The number of aryl methyl sites for hydroxylation is 1. The molecule has 1 unspecified atom stereocenters. The van der Waals surface area contributed by atoms with E-state index in [0.717, 1.165) is 31.6 Å². The molecule has 3 aromatic rings. The van der Waals surface area contributed by atoms with E-state index in [2.05, 4.69) is 46.4 Å². The van der Waals surface area contributed by atoms with Crippen LogP contribution in [0.25, 0.3) is 10.9 Å². The highest BCUT2D eigenvalue weighted by atomic mass is 16.5. The maximum atomic E-state index is 11.1. The van der Waals surface area contributed by atoms with Gasteiger partial charge in [0.1, 0.15) is 18.5 Å². The fourth-order valence-electron chi connectivity index (χ4n) is 4.61. The number of piperidine rings is 1. The van der Waals surface area contributed by atoms with Crippen molar-refractivity contribution in [2.45, 2.75) is 38.7 Å². The molecule has 2 aromatic carbocycles. The standard InChI is InChI=1S/C25H31N3O3/c1-17-25(23-5-3-4-6-24(23)26-17)19-11-13-28(14-12-19)15-21(30)16-31-22-9-7-20(8-10-22)27-18(2)29/h3-10,19,21,26,30H,11-16H2,1-2H3,(H,27,29). The number of carbonyl (C=O) groups excluding carboxylic acids is 1. The van der Waals surface area contributed by atoms with Gasteiger partial charge in [-0.15, -0.1) is 0 Å². The Morgan fingerprint density at radius 1 is 1.19 bits per heavy atom. The third kappa shape index (κ3) is 5.27. The van der Waals surface area contributed by atoms with E-state index in [1.54, 1.807) is 24.3 Å². The van der Waals surface area contributed by atoms with Gasteiger partial charge in [-0.2, -0.15) is 0 Å². The van der Waals surface area contributed by atoms with Crippen LogP contribution in [-0.2, 0) is 4.79 Å². The normalized spacial score (nSPS) is 16.4. The van der Waals surface area contributed by atoms with Gasteiger partial charge in [0.25, 0.3) is 0 Å². The minimum Gasteiger partial charge on any atom is -0.491 e. The molecule has 1 amide bonds. The molecule has 2 heterocycles. The molecule has 164 valence electrons. The van der Waals surface area contributed by atoms with Crippen molar-refractivity contribution < 1.29 is 14.6 Å². The first-order chi connectivity index (χ1) is 15.0. The van der Waals surface area contributed by atoms with Crippen LogP contribution in [0.2, 0.25) is 0 Å². The Hall–Kier alpha value is -2.83. The Balaban J connectivity index is 1.25. The fraction of sp³-hybridized carbons (Fsp3) is 0.400. The van der Waals surface area contributed by atoms with E-state index in [9.17, 15) is 9.90 Å². The van der Waals surface area contributed by atoms with Gasteiger partial charge in [-0.25, -0.2) is 0 Å². The molecule has 1 fully saturated rings. The van der Waals surface area contributed by atoms with Crippen LogP contribution in [0.5, 0.6) is 5.75 Å². The maximum Gasteiger partial charge on any atom is 0.221 e. The molecule has 6 nitrogen and oxygen atoms in total. The zero-order valence-electron chi connectivity index (χ0n) is 18.2. The number of rotatable bonds is 7. The van der Waals surface area contributed by atoms with E-state index in [-0.39, 0.29) is 12.5 Å². The van der Waals surface area contributed by atoms with Gasteiger partial charge in [0.05, 0.1) is 0 Å². The molecule has 4 rings (SSSR count). The summed E-state index contributed by atoms with van der Waals surface area (Å²) in [5.74, 6) is 1.14. The van der Waals surface area contributed by atoms with Gasteiger partial charge in [0.15, 0.2) is 0 Å². The Bertz CT molecular complexity index is 1020. The molecule has 1 aliphatic rings. The van der Waals surface area contributed by atoms with Crippen molar-refractivity contribution in [3.63, 3.8) is 0 Å². The lowest BCUT2D eigenvalue weighted by atomic mass is 9.87. The number of aliphatic hydroxyl groups excluding tert-OH is 1. The first kappa shape index (κ1) is 21.4. The summed E-state index contributed by atoms with van der Waals surface area (Å²) in [6, 6.07) is 15.7. The zero-order chi connectivity index (χ0) is 21.8. The average molecular weight is 422 g/mol. The number of H-pyrrole nitrogens is 1. The molecule has 31 heavy (non-hydrogen) atoms. The first-order valence-corrected chi connectivity index (χ1v) is 11.0. The van der Waals surface area contributed by atoms with Crippen LogP contribution in [-0.4, -0.2) is 53.2 Å². The average Bonchev–Trinajstić information content (AvgIpc) is 3.09. The summed E-state index contributed by atoms with van der Waals surface area (Å²) in [6.07, 6.45) is 1.66. The van der Waals surface area contributed by atoms with Gasteiger partial charge < -0.3 is 25.0 Å². The number of benzene rings is 2. The van der Waals surface area contributed by atoms with E-state index in [0.29, 0.717) is 18.2 Å². The summed E-state index contributed by atoms with van der Waals surface area (Å²) in [6.45, 7) is 6.47. The number of aromatic nitrogens is 1. The smallest absolute Gasteiger partial charge is 0.221 e. The van der Waals surface area contributed by atoms with Gasteiger partial charge in [-0.1, -0.05) is 18.2 Å². The first-order valence-electron chi connectivity index (χ1n) is 11.0. The second-order valence-electron chi connectivity index (χ2n) is 8.45. The van der Waals surface area contributed by atoms with Gasteiger partial charge in [0.2, 0.25) is 5.91 Å². The number of amides is 1. The Morgan fingerprint density at radius 3 is 2.61 bits per heavy atom. The van der Waals surface area contributed by atoms with Crippen molar-refractivity contribution in [3.8, 4) is 5.75 Å². The molecule has 0 spiro atoms. The third-order valence-corrected chi connectivity index (χ3v) is 6.03. The highest BCUT2D eigenvalue weighted by molar-refractivity contribution is 5.88. The fourth-order valence-corrected chi connectivity index (χ4v) is 4.61. The molecule has 0 bridgehead atoms. The maximum absolute atomic E-state index is 11.1. The predicted octanol–water partition coefficient (Wildman–Crippen LogP) is 4.05. The predicted molar refractivity (Wildman–Crippen MR) is 124 cm³/mol. The SMILES string of the molecule is CC(=O)Nc1ccc(OCC(O)CN2CCC(c3c(C)[nH]c4ccccc34)CC2)cc1. The van der Waals surface area contributed by atoms with Crippen LogP contribution in [0.4, 0.5) is 5.69 Å². The lowest BCUT2D eigenvalue weighted by Gasteiger charge is -2.33. The van der Waals surface area contributed by atoms with Crippen molar-refractivity contribution in [3.05, 3.63) is 59.8 Å².